The smallest absolute Gasteiger partial charge is 0.164 e. The zero-order valence-electron chi connectivity index (χ0n) is 22.5. The van der Waals surface area contributed by atoms with Gasteiger partial charge in [0.15, 0.2) is 17.5 Å². The van der Waals surface area contributed by atoms with E-state index in [1.807, 2.05) is 66.7 Å². The molecule has 43 heavy (non-hydrogen) atoms. The summed E-state index contributed by atoms with van der Waals surface area (Å²) in [5.41, 5.74) is 5.85. The molecule has 0 aliphatic carbocycles. The van der Waals surface area contributed by atoms with Crippen LogP contribution in [-0.4, -0.2) is 15.0 Å². The lowest BCUT2D eigenvalue weighted by atomic mass is 10.0. The van der Waals surface area contributed by atoms with Gasteiger partial charge in [-0.05, 0) is 35.7 Å². The van der Waals surface area contributed by atoms with Crippen molar-refractivity contribution in [1.82, 2.24) is 15.0 Å². The number of rotatable bonds is 3. The third kappa shape index (κ3) is 3.29. The van der Waals surface area contributed by atoms with E-state index in [1.165, 1.54) is 14.8 Å². The van der Waals surface area contributed by atoms with Crippen LogP contribution in [-0.2, 0) is 0 Å². The van der Waals surface area contributed by atoms with Crippen molar-refractivity contribution in [3.63, 3.8) is 0 Å². The van der Waals surface area contributed by atoms with E-state index in [-0.39, 0.29) is 0 Å². The van der Waals surface area contributed by atoms with E-state index in [4.69, 9.17) is 23.8 Å². The Morgan fingerprint density at radius 3 is 1.79 bits per heavy atom. The van der Waals surface area contributed by atoms with Gasteiger partial charge in [-0.25, -0.2) is 15.0 Å². The van der Waals surface area contributed by atoms with Gasteiger partial charge >= 0.3 is 0 Å². The van der Waals surface area contributed by atoms with Crippen LogP contribution < -0.4 is 0 Å². The highest BCUT2D eigenvalue weighted by Crippen LogP contribution is 2.49. The second kappa shape index (κ2) is 8.47. The number of hydrogen-bond donors (Lipinski definition) is 0. The summed E-state index contributed by atoms with van der Waals surface area (Å²) in [5, 5.41) is 6.66. The molecule has 10 rings (SSSR count). The van der Waals surface area contributed by atoms with Gasteiger partial charge in [-0.15, -0.1) is 11.3 Å². The van der Waals surface area contributed by atoms with Crippen molar-refractivity contribution in [2.45, 2.75) is 0 Å². The molecule has 0 N–H and O–H groups in total. The van der Waals surface area contributed by atoms with Gasteiger partial charge in [0, 0.05) is 47.6 Å². The maximum Gasteiger partial charge on any atom is 0.164 e. The van der Waals surface area contributed by atoms with Gasteiger partial charge in [0.25, 0.3) is 0 Å². The van der Waals surface area contributed by atoms with Crippen molar-refractivity contribution >= 4 is 75.4 Å². The second-order valence-electron chi connectivity index (χ2n) is 10.8. The molecule has 0 saturated heterocycles. The Hall–Kier alpha value is -5.59. The van der Waals surface area contributed by atoms with Crippen molar-refractivity contribution in [3.05, 3.63) is 115 Å². The SMILES string of the molecule is c1ccc(-c2nc(-c3ccccc3)nc(-c3cc4oc5ccc6sc7cc8ccccc8c8oc(c3)c4c5c6c78)n2)cc1. The van der Waals surface area contributed by atoms with Crippen molar-refractivity contribution < 1.29 is 8.83 Å². The maximum atomic E-state index is 6.95. The van der Waals surface area contributed by atoms with Gasteiger partial charge in [-0.1, -0.05) is 84.9 Å². The predicted octanol–water partition coefficient (Wildman–Crippen LogP) is 10.5. The minimum atomic E-state index is 0.557. The van der Waals surface area contributed by atoms with Crippen LogP contribution in [0.3, 0.4) is 0 Å². The molecular formula is C37H19N3O2S. The van der Waals surface area contributed by atoms with Gasteiger partial charge in [0.05, 0.1) is 5.39 Å². The average Bonchev–Trinajstić information content (AvgIpc) is 3.58. The molecule has 0 aliphatic rings. The van der Waals surface area contributed by atoms with Gasteiger partial charge in [-0.2, -0.15) is 0 Å². The number of benzene rings is 6. The summed E-state index contributed by atoms with van der Waals surface area (Å²) in [4.78, 5) is 14.8. The minimum absolute atomic E-state index is 0.557. The molecule has 4 heterocycles. The van der Waals surface area contributed by atoms with E-state index in [2.05, 4.69) is 48.5 Å². The Kier molecular flexibility index (Phi) is 4.54. The minimum Gasteiger partial charge on any atom is -0.456 e. The molecule has 0 spiro atoms. The van der Waals surface area contributed by atoms with Crippen molar-refractivity contribution in [2.24, 2.45) is 0 Å². The zero-order valence-corrected chi connectivity index (χ0v) is 23.4. The number of furan rings is 1. The lowest BCUT2D eigenvalue weighted by Crippen LogP contribution is -2.00. The van der Waals surface area contributed by atoms with E-state index >= 15 is 0 Å². The number of hydrogen-bond acceptors (Lipinski definition) is 6. The highest BCUT2D eigenvalue weighted by molar-refractivity contribution is 7.26. The molecule has 5 nitrogen and oxygen atoms in total. The van der Waals surface area contributed by atoms with E-state index in [0.717, 1.165) is 66.0 Å². The zero-order chi connectivity index (χ0) is 28.1. The van der Waals surface area contributed by atoms with Crippen molar-refractivity contribution in [1.29, 1.82) is 0 Å². The Morgan fingerprint density at radius 2 is 1.07 bits per heavy atom. The van der Waals surface area contributed by atoms with Gasteiger partial charge < -0.3 is 8.83 Å². The lowest BCUT2D eigenvalue weighted by molar-refractivity contribution is 0.659. The van der Waals surface area contributed by atoms with E-state index in [1.54, 1.807) is 11.3 Å². The van der Waals surface area contributed by atoms with Crippen molar-refractivity contribution in [3.8, 4) is 34.2 Å². The molecule has 6 aromatic carbocycles. The predicted molar refractivity (Wildman–Crippen MR) is 175 cm³/mol. The number of aromatic nitrogens is 3. The van der Waals surface area contributed by atoms with Crippen LogP contribution >= 0.6 is 11.3 Å². The topological polar surface area (TPSA) is 65.0 Å². The molecule has 200 valence electrons. The van der Waals surface area contributed by atoms with Crippen LogP contribution in [0.4, 0.5) is 0 Å². The van der Waals surface area contributed by atoms with Crippen LogP contribution in [0.25, 0.3) is 98.2 Å². The summed E-state index contributed by atoms with van der Waals surface area (Å²) in [6.07, 6.45) is 0. The molecule has 6 heteroatoms. The quantitative estimate of drug-likeness (QED) is 0.212. The average molecular weight is 570 g/mol. The van der Waals surface area contributed by atoms with E-state index in [9.17, 15) is 0 Å². The van der Waals surface area contributed by atoms with Gasteiger partial charge in [0.2, 0.25) is 0 Å². The van der Waals surface area contributed by atoms with Gasteiger partial charge in [0.1, 0.15) is 22.3 Å². The molecular weight excluding hydrogens is 550 g/mol. The van der Waals surface area contributed by atoms with E-state index < -0.39 is 0 Å². The molecule has 0 bridgehead atoms. The normalized spacial score (nSPS) is 12.2. The highest BCUT2D eigenvalue weighted by Gasteiger charge is 2.23. The number of nitrogens with zero attached hydrogens (tertiary/aromatic N) is 3. The molecule has 0 aliphatic heterocycles. The maximum absolute atomic E-state index is 6.95. The third-order valence-corrected chi connectivity index (χ3v) is 9.37. The third-order valence-electron chi connectivity index (χ3n) is 8.27. The molecule has 10 aromatic rings. The van der Waals surface area contributed by atoms with Crippen molar-refractivity contribution in [2.75, 3.05) is 0 Å². The Bertz CT molecular complexity index is 2610. The first-order valence-corrected chi connectivity index (χ1v) is 14.9. The summed E-state index contributed by atoms with van der Waals surface area (Å²) >= 11 is 1.80. The fraction of sp³-hybridized carbons (Fsp3) is 0. The molecule has 0 radical (unpaired) electrons. The molecule has 4 aromatic heterocycles. The van der Waals surface area contributed by atoms with Crippen LogP contribution in [0.1, 0.15) is 0 Å². The van der Waals surface area contributed by atoms with Crippen LogP contribution in [0.2, 0.25) is 0 Å². The van der Waals surface area contributed by atoms with E-state index in [0.29, 0.717) is 17.5 Å². The largest absolute Gasteiger partial charge is 0.456 e. The first-order chi connectivity index (χ1) is 21.3. The highest BCUT2D eigenvalue weighted by atomic mass is 32.1. The summed E-state index contributed by atoms with van der Waals surface area (Å²) in [6.45, 7) is 0. The molecule has 0 atom stereocenters. The number of thiophene rings is 1. The summed E-state index contributed by atoms with van der Waals surface area (Å²) < 4.78 is 15.9. The molecule has 0 amide bonds. The summed E-state index contributed by atoms with van der Waals surface area (Å²) in [7, 11) is 0. The fourth-order valence-electron chi connectivity index (χ4n) is 6.35. The van der Waals surface area contributed by atoms with Gasteiger partial charge in [-0.3, -0.25) is 0 Å². The van der Waals surface area contributed by atoms with Crippen LogP contribution in [0.15, 0.2) is 124 Å². The molecule has 0 unspecified atom stereocenters. The number of fused-ring (bicyclic) bond motifs is 2. The lowest BCUT2D eigenvalue weighted by Gasteiger charge is -2.08. The monoisotopic (exact) mass is 569 g/mol. The summed E-state index contributed by atoms with van der Waals surface area (Å²) in [6, 6.07) is 39.0. The Labute approximate surface area is 248 Å². The van der Waals surface area contributed by atoms with Crippen LogP contribution in [0, 0.1) is 0 Å². The standard InChI is InChI=1S/C37H19N3O2S/c1-3-9-20(10-4-1)35-38-36(21-11-5-2-6-12-21)40-37(39-35)23-17-26-30-27(18-23)42-34-24-14-8-7-13-22(24)19-29-33(34)32-28(43-29)16-15-25(41-26)31(30)32/h1-19H. The second-order valence-corrected chi connectivity index (χ2v) is 11.9. The molecule has 0 fully saturated rings. The Balaban J connectivity index is 1.33. The summed E-state index contributed by atoms with van der Waals surface area (Å²) in [5.74, 6) is 1.78. The fourth-order valence-corrected chi connectivity index (χ4v) is 7.52. The van der Waals surface area contributed by atoms with Crippen LogP contribution in [0.5, 0.6) is 0 Å². The molecule has 0 saturated carbocycles. The first kappa shape index (κ1) is 23.0. The Morgan fingerprint density at radius 1 is 0.442 bits per heavy atom. The first-order valence-electron chi connectivity index (χ1n) is 14.1.